The number of rotatable bonds is 6. The zero-order chi connectivity index (χ0) is 25.0. The van der Waals surface area contributed by atoms with E-state index in [4.69, 9.17) is 11.6 Å². The molecule has 2 saturated carbocycles. The summed E-state index contributed by atoms with van der Waals surface area (Å²) in [5.41, 5.74) is -1.18. The van der Waals surface area contributed by atoms with E-state index in [-0.39, 0.29) is 28.8 Å². The van der Waals surface area contributed by atoms with Gasteiger partial charge in [0, 0.05) is 11.0 Å². The Balaban J connectivity index is 1.41. The fourth-order valence-electron chi connectivity index (χ4n) is 4.88. The van der Waals surface area contributed by atoms with Gasteiger partial charge in [-0.15, -0.1) is 0 Å². The number of nitrogens with one attached hydrogen (secondary N) is 1. The van der Waals surface area contributed by atoms with Crippen LogP contribution in [-0.2, 0) is 24.8 Å². The number of nitriles is 1. The lowest BCUT2D eigenvalue weighted by Crippen LogP contribution is -2.55. The fraction of sp³-hybridized carbons (Fsp3) is 0.400. The molecule has 5 rings (SSSR count). The van der Waals surface area contributed by atoms with Crippen LogP contribution in [0.15, 0.2) is 57.9 Å². The van der Waals surface area contributed by atoms with Crippen LogP contribution in [0.2, 0.25) is 5.02 Å². The second kappa shape index (κ2) is 8.70. The van der Waals surface area contributed by atoms with Crippen LogP contribution < -0.4 is 5.32 Å². The molecule has 0 spiro atoms. The first kappa shape index (κ1) is 24.4. The van der Waals surface area contributed by atoms with E-state index in [2.05, 4.69) is 27.3 Å². The number of sulfone groups is 1. The molecule has 1 aliphatic heterocycles. The van der Waals surface area contributed by atoms with E-state index < -0.39 is 38.0 Å². The Morgan fingerprint density at radius 1 is 1.09 bits per heavy atom. The van der Waals surface area contributed by atoms with Crippen LogP contribution in [0.4, 0.5) is 0 Å². The highest BCUT2D eigenvalue weighted by atomic mass is 79.9. The molecule has 0 unspecified atom stereocenters. The Hall–Kier alpha value is -2.25. The zero-order valence-corrected chi connectivity index (χ0v) is 21.9. The summed E-state index contributed by atoms with van der Waals surface area (Å²) >= 11 is 9.54. The molecule has 35 heavy (non-hydrogen) atoms. The molecule has 3 aliphatic rings. The molecule has 0 aromatic heterocycles. The maximum absolute atomic E-state index is 13.9. The van der Waals surface area contributed by atoms with Gasteiger partial charge in [-0.25, -0.2) is 8.42 Å². The fourth-order valence-corrected chi connectivity index (χ4v) is 7.33. The number of imide groups is 1. The van der Waals surface area contributed by atoms with Crippen molar-refractivity contribution in [1.82, 2.24) is 10.2 Å². The highest BCUT2D eigenvalue weighted by Crippen LogP contribution is 2.53. The maximum atomic E-state index is 13.9. The topological polar surface area (TPSA) is 107 Å². The Kier molecular flexibility index (Phi) is 6.07. The smallest absolute Gasteiger partial charge is 0.247 e. The van der Waals surface area contributed by atoms with Crippen molar-refractivity contribution in [1.29, 1.82) is 5.26 Å². The SMILES string of the molecule is N#CC1(N(C(=O)[C@@H]2C[C@@H](S(=O)(=O)c3ccccc3Cl)CN2)C(=O)C2(c3ccc(Br)cc3)CC2)CC1. The first-order valence-corrected chi connectivity index (χ1v) is 14.1. The molecule has 10 heteroatoms. The van der Waals surface area contributed by atoms with Crippen molar-refractivity contribution in [2.45, 2.75) is 59.2 Å². The van der Waals surface area contributed by atoms with Crippen molar-refractivity contribution in [2.75, 3.05) is 6.54 Å². The standard InChI is InChI=1S/C25H23BrClN3O4S/c26-17-7-5-16(6-8-17)25(11-12-25)23(32)30(24(15-28)9-10-24)22(31)20-13-18(14-29-20)35(33,34)21-4-2-1-3-19(21)27/h1-8,18,20,29H,9-14H2/t18-,20+/m1/s1. The molecule has 7 nitrogen and oxygen atoms in total. The van der Waals surface area contributed by atoms with E-state index in [1.54, 1.807) is 12.1 Å². The number of amides is 2. The summed E-state index contributed by atoms with van der Waals surface area (Å²) < 4.78 is 27.3. The van der Waals surface area contributed by atoms with Gasteiger partial charge in [-0.05, 0) is 61.9 Å². The monoisotopic (exact) mass is 575 g/mol. The van der Waals surface area contributed by atoms with Gasteiger partial charge < -0.3 is 5.32 Å². The van der Waals surface area contributed by atoms with Gasteiger partial charge in [0.2, 0.25) is 11.8 Å². The molecule has 0 bridgehead atoms. The molecule has 182 valence electrons. The molecule has 1 N–H and O–H groups in total. The predicted molar refractivity (Wildman–Crippen MR) is 133 cm³/mol. The van der Waals surface area contributed by atoms with E-state index in [9.17, 15) is 23.3 Å². The number of benzene rings is 2. The van der Waals surface area contributed by atoms with Gasteiger partial charge >= 0.3 is 0 Å². The van der Waals surface area contributed by atoms with Crippen LogP contribution in [0, 0.1) is 11.3 Å². The Bertz CT molecular complexity index is 1350. The van der Waals surface area contributed by atoms with Gasteiger partial charge in [0.25, 0.3) is 0 Å². The van der Waals surface area contributed by atoms with Gasteiger partial charge in [0.05, 0.1) is 32.7 Å². The molecule has 1 saturated heterocycles. The van der Waals surface area contributed by atoms with Gasteiger partial charge in [0.15, 0.2) is 9.84 Å². The molecule has 1 heterocycles. The summed E-state index contributed by atoms with van der Waals surface area (Å²) in [6.07, 6.45) is 2.04. The van der Waals surface area contributed by atoms with E-state index in [1.807, 2.05) is 24.3 Å². The van der Waals surface area contributed by atoms with Gasteiger partial charge in [-0.1, -0.05) is 51.8 Å². The molecule has 2 atom stereocenters. The summed E-state index contributed by atoms with van der Waals surface area (Å²) in [6.45, 7) is 0.0589. The van der Waals surface area contributed by atoms with Crippen LogP contribution in [0.25, 0.3) is 0 Å². The van der Waals surface area contributed by atoms with Crippen LogP contribution in [-0.4, -0.2) is 48.5 Å². The summed E-state index contributed by atoms with van der Waals surface area (Å²) in [5, 5.41) is 12.1. The number of halogens is 2. The number of nitrogens with zero attached hydrogens (tertiary/aromatic N) is 2. The summed E-state index contributed by atoms with van der Waals surface area (Å²) in [5.74, 6) is -0.905. The quantitative estimate of drug-likeness (QED) is 0.525. The third kappa shape index (κ3) is 4.10. The Labute approximate surface area is 217 Å². The molecule has 3 fully saturated rings. The zero-order valence-electron chi connectivity index (χ0n) is 18.7. The molecule has 0 radical (unpaired) electrons. The average Bonchev–Trinajstić information content (AvgIpc) is 3.76. The lowest BCUT2D eigenvalue weighted by molar-refractivity contribution is -0.150. The van der Waals surface area contributed by atoms with E-state index in [0.717, 1.165) is 14.9 Å². The summed E-state index contributed by atoms with van der Waals surface area (Å²) in [7, 11) is -3.79. The third-order valence-electron chi connectivity index (χ3n) is 7.31. The summed E-state index contributed by atoms with van der Waals surface area (Å²) in [4.78, 5) is 28.8. The van der Waals surface area contributed by atoms with Gasteiger partial charge in [-0.3, -0.25) is 14.5 Å². The van der Waals surface area contributed by atoms with Crippen LogP contribution >= 0.6 is 27.5 Å². The summed E-state index contributed by atoms with van der Waals surface area (Å²) in [6, 6.07) is 15.0. The first-order valence-electron chi connectivity index (χ1n) is 11.4. The number of carbonyl (C=O) groups is 2. The van der Waals surface area contributed by atoms with Gasteiger partial charge in [-0.2, -0.15) is 5.26 Å². The highest BCUT2D eigenvalue weighted by molar-refractivity contribution is 9.10. The van der Waals surface area contributed by atoms with Gasteiger partial charge in [0.1, 0.15) is 5.54 Å². The van der Waals surface area contributed by atoms with Crippen molar-refractivity contribution < 1.29 is 18.0 Å². The molecular weight excluding hydrogens is 554 g/mol. The lowest BCUT2D eigenvalue weighted by Gasteiger charge is -2.31. The van der Waals surface area contributed by atoms with Crippen molar-refractivity contribution >= 4 is 49.2 Å². The van der Waals surface area contributed by atoms with Crippen LogP contribution in [0.5, 0.6) is 0 Å². The minimum absolute atomic E-state index is 0.00294. The van der Waals surface area contributed by atoms with Crippen LogP contribution in [0.1, 0.15) is 37.7 Å². The Morgan fingerprint density at radius 3 is 2.31 bits per heavy atom. The van der Waals surface area contributed by atoms with Crippen LogP contribution in [0.3, 0.4) is 0 Å². The molecule has 2 aliphatic carbocycles. The van der Waals surface area contributed by atoms with Crippen molar-refractivity contribution in [2.24, 2.45) is 0 Å². The molecule has 2 amide bonds. The number of hydrogen-bond donors (Lipinski definition) is 1. The Morgan fingerprint density at radius 2 is 1.74 bits per heavy atom. The minimum atomic E-state index is -3.79. The van der Waals surface area contributed by atoms with E-state index in [0.29, 0.717) is 25.7 Å². The molecule has 2 aromatic rings. The maximum Gasteiger partial charge on any atom is 0.247 e. The first-order chi connectivity index (χ1) is 16.6. The number of hydrogen-bond acceptors (Lipinski definition) is 6. The lowest BCUT2D eigenvalue weighted by atomic mass is 9.93. The second-order valence-corrected chi connectivity index (χ2v) is 13.0. The third-order valence-corrected chi connectivity index (χ3v) is 10.5. The van der Waals surface area contributed by atoms with Crippen molar-refractivity contribution in [3.8, 4) is 6.07 Å². The normalized spacial score (nSPS) is 23.8. The van der Waals surface area contributed by atoms with Crippen molar-refractivity contribution in [3.63, 3.8) is 0 Å². The molecular formula is C25H23BrClN3O4S. The number of carbonyl (C=O) groups excluding carboxylic acids is 2. The largest absolute Gasteiger partial charge is 0.304 e. The average molecular weight is 577 g/mol. The van der Waals surface area contributed by atoms with E-state index in [1.165, 1.54) is 12.1 Å². The van der Waals surface area contributed by atoms with E-state index >= 15 is 0 Å². The molecule has 2 aromatic carbocycles. The predicted octanol–water partition coefficient (Wildman–Crippen LogP) is 3.75. The second-order valence-electron chi connectivity index (χ2n) is 9.51. The highest BCUT2D eigenvalue weighted by Gasteiger charge is 2.62. The van der Waals surface area contributed by atoms with Crippen molar-refractivity contribution in [3.05, 3.63) is 63.6 Å². The minimum Gasteiger partial charge on any atom is -0.304 e.